The molecule has 33 heavy (non-hydrogen) atoms. The Morgan fingerprint density at radius 1 is 1.03 bits per heavy atom. The summed E-state index contributed by atoms with van der Waals surface area (Å²) in [7, 11) is 0. The molecule has 3 aromatic rings. The highest BCUT2D eigenvalue weighted by Gasteiger charge is 2.41. The molecule has 0 spiro atoms. The first kappa shape index (κ1) is 21.1. The summed E-state index contributed by atoms with van der Waals surface area (Å²) in [4.78, 5) is 29.8. The molecule has 0 saturated carbocycles. The number of ether oxygens (including phenoxy) is 1. The number of nitrogens with one attached hydrogen (secondary N) is 1. The first-order valence-electron chi connectivity index (χ1n) is 10.7. The number of nitrogens with zero attached hydrogens (tertiary/aromatic N) is 2. The molecule has 3 aromatic carbocycles. The van der Waals surface area contributed by atoms with E-state index in [9.17, 15) is 18.4 Å². The number of rotatable bonds is 5. The fourth-order valence-electron chi connectivity index (χ4n) is 4.32. The van der Waals surface area contributed by atoms with Crippen molar-refractivity contribution in [3.05, 3.63) is 77.6 Å². The monoisotopic (exact) mass is 449 g/mol. The van der Waals surface area contributed by atoms with Crippen molar-refractivity contribution < 1.29 is 23.1 Å². The maximum Gasteiger partial charge on any atom is 0.263 e. The summed E-state index contributed by atoms with van der Waals surface area (Å²) < 4.78 is 34.0. The normalized spacial score (nSPS) is 15.2. The van der Waals surface area contributed by atoms with E-state index in [0.29, 0.717) is 19.0 Å². The van der Waals surface area contributed by atoms with Gasteiger partial charge in [-0.3, -0.25) is 9.59 Å². The van der Waals surface area contributed by atoms with E-state index in [4.69, 9.17) is 4.74 Å². The van der Waals surface area contributed by atoms with Crippen LogP contribution in [0.2, 0.25) is 0 Å². The number of ketones is 1. The van der Waals surface area contributed by atoms with Crippen LogP contribution in [0.15, 0.2) is 66.0 Å². The fourth-order valence-corrected chi connectivity index (χ4v) is 4.32. The van der Waals surface area contributed by atoms with Gasteiger partial charge in [-0.1, -0.05) is 30.3 Å². The van der Waals surface area contributed by atoms with Crippen LogP contribution in [-0.2, 0) is 14.3 Å². The average molecular weight is 449 g/mol. The minimum atomic E-state index is -0.916. The highest BCUT2D eigenvalue weighted by molar-refractivity contribution is 6.26. The van der Waals surface area contributed by atoms with Crippen molar-refractivity contribution in [1.29, 1.82) is 0 Å². The summed E-state index contributed by atoms with van der Waals surface area (Å²) >= 11 is 0. The van der Waals surface area contributed by atoms with Crippen LogP contribution in [0.5, 0.6) is 0 Å². The molecule has 1 amide bonds. The molecule has 0 aromatic heterocycles. The molecule has 0 radical (unpaired) electrons. The number of anilines is 3. The lowest BCUT2D eigenvalue weighted by atomic mass is 10.0. The van der Waals surface area contributed by atoms with E-state index in [0.717, 1.165) is 34.3 Å². The van der Waals surface area contributed by atoms with E-state index in [1.54, 1.807) is 4.90 Å². The quantitative estimate of drug-likeness (QED) is 0.579. The molecular weight excluding hydrogens is 428 g/mol. The maximum absolute atomic E-state index is 14.2. The third-order valence-electron chi connectivity index (χ3n) is 5.85. The Morgan fingerprint density at radius 3 is 2.36 bits per heavy atom. The topological polar surface area (TPSA) is 61.9 Å². The van der Waals surface area contributed by atoms with Gasteiger partial charge in [0.05, 0.1) is 11.4 Å². The van der Waals surface area contributed by atoms with Crippen LogP contribution >= 0.6 is 0 Å². The zero-order valence-corrected chi connectivity index (χ0v) is 17.9. The van der Waals surface area contributed by atoms with Gasteiger partial charge >= 0.3 is 0 Å². The largest absolute Gasteiger partial charge is 0.361 e. The standard InChI is InChI=1S/C25H21F2N3O3/c1-2-33-14-30-20-13-16-7-4-3-6-15(16)12-19(20)29-11-10-21(31)22(25(29)30)24(32)28-23-17(26)8-5-9-18(23)27/h3-9,12-13H,2,10-11,14H2,1H3,(H,28,32). The molecular formula is C25H21F2N3O3. The highest BCUT2D eigenvalue weighted by atomic mass is 19.1. The number of Topliss-reactive ketones (excluding diaryl/α,β-unsaturated/α-hetero) is 1. The van der Waals surface area contributed by atoms with Gasteiger partial charge in [-0.2, -0.15) is 0 Å². The van der Waals surface area contributed by atoms with Crippen LogP contribution in [-0.4, -0.2) is 31.6 Å². The third kappa shape index (κ3) is 3.52. The number of fused-ring (bicyclic) bond motifs is 4. The molecule has 8 heteroatoms. The summed E-state index contributed by atoms with van der Waals surface area (Å²) in [6.45, 7) is 2.78. The second-order valence-electron chi connectivity index (χ2n) is 7.81. The molecule has 6 nitrogen and oxygen atoms in total. The number of hydrogen-bond acceptors (Lipinski definition) is 5. The minimum Gasteiger partial charge on any atom is -0.361 e. The van der Waals surface area contributed by atoms with Gasteiger partial charge in [0.15, 0.2) is 5.78 Å². The maximum atomic E-state index is 14.2. The summed E-state index contributed by atoms with van der Waals surface area (Å²) in [5.74, 6) is -2.72. The van der Waals surface area contributed by atoms with Crippen molar-refractivity contribution in [2.75, 3.05) is 35.0 Å². The summed E-state index contributed by atoms with van der Waals surface area (Å²) in [5, 5.41) is 4.29. The van der Waals surface area contributed by atoms with Crippen molar-refractivity contribution in [3.8, 4) is 0 Å². The van der Waals surface area contributed by atoms with Gasteiger partial charge in [0.2, 0.25) is 0 Å². The molecule has 0 atom stereocenters. The first-order valence-corrected chi connectivity index (χ1v) is 10.7. The number of carbonyl (C=O) groups is 2. The summed E-state index contributed by atoms with van der Waals surface area (Å²) in [6.07, 6.45) is 0.0980. The molecule has 168 valence electrons. The Kier molecular flexibility index (Phi) is 5.30. The van der Waals surface area contributed by atoms with Crippen molar-refractivity contribution in [2.45, 2.75) is 13.3 Å². The van der Waals surface area contributed by atoms with E-state index in [-0.39, 0.29) is 18.7 Å². The molecule has 0 fully saturated rings. The molecule has 2 aliphatic heterocycles. The lowest BCUT2D eigenvalue weighted by Gasteiger charge is -2.30. The number of amides is 1. The molecule has 0 aliphatic carbocycles. The van der Waals surface area contributed by atoms with Gasteiger partial charge in [0, 0.05) is 19.6 Å². The molecule has 0 bridgehead atoms. The van der Waals surface area contributed by atoms with Crippen LogP contribution < -0.4 is 15.1 Å². The number of halogens is 2. The van der Waals surface area contributed by atoms with E-state index >= 15 is 0 Å². The second kappa shape index (κ2) is 8.29. The van der Waals surface area contributed by atoms with Crippen LogP contribution in [0, 0.1) is 11.6 Å². The predicted molar refractivity (Wildman–Crippen MR) is 122 cm³/mol. The Hall–Kier alpha value is -3.78. The van der Waals surface area contributed by atoms with E-state index in [2.05, 4.69) is 5.32 Å². The fraction of sp³-hybridized carbons (Fsp3) is 0.200. The second-order valence-corrected chi connectivity index (χ2v) is 7.81. The molecule has 5 rings (SSSR count). The summed E-state index contributed by atoms with van der Waals surface area (Å²) in [6, 6.07) is 15.2. The van der Waals surface area contributed by atoms with Crippen LogP contribution in [0.3, 0.4) is 0 Å². The van der Waals surface area contributed by atoms with Crippen molar-refractivity contribution >= 4 is 39.5 Å². The van der Waals surface area contributed by atoms with Gasteiger partial charge in [-0.05, 0) is 42.0 Å². The predicted octanol–water partition coefficient (Wildman–Crippen LogP) is 4.56. The van der Waals surface area contributed by atoms with E-state index in [1.165, 1.54) is 6.07 Å². The number of benzene rings is 3. The molecule has 0 unspecified atom stereocenters. The lowest BCUT2D eigenvalue weighted by molar-refractivity contribution is -0.120. The van der Waals surface area contributed by atoms with Crippen LogP contribution in [0.4, 0.5) is 25.8 Å². The number of hydrogen-bond donors (Lipinski definition) is 1. The van der Waals surface area contributed by atoms with Gasteiger partial charge in [0.25, 0.3) is 5.91 Å². The van der Waals surface area contributed by atoms with Crippen molar-refractivity contribution in [3.63, 3.8) is 0 Å². The summed E-state index contributed by atoms with van der Waals surface area (Å²) in [5.41, 5.74) is 0.912. The van der Waals surface area contributed by atoms with Gasteiger partial charge in [-0.25, -0.2) is 8.78 Å². The third-order valence-corrected chi connectivity index (χ3v) is 5.85. The Labute approximate surface area is 189 Å². The zero-order valence-electron chi connectivity index (χ0n) is 17.9. The van der Waals surface area contributed by atoms with E-state index < -0.39 is 29.0 Å². The van der Waals surface area contributed by atoms with Crippen LogP contribution in [0.1, 0.15) is 13.3 Å². The van der Waals surface area contributed by atoms with E-state index in [1.807, 2.05) is 48.2 Å². The average Bonchev–Trinajstić information content (AvgIpc) is 3.10. The van der Waals surface area contributed by atoms with Gasteiger partial charge in [-0.15, -0.1) is 0 Å². The number of carbonyl (C=O) groups excluding carboxylic acids is 2. The zero-order chi connectivity index (χ0) is 23.1. The Balaban J connectivity index is 1.65. The Bertz CT molecular complexity index is 1300. The van der Waals surface area contributed by atoms with Crippen molar-refractivity contribution in [1.82, 2.24) is 0 Å². The molecule has 0 saturated heterocycles. The van der Waals surface area contributed by atoms with Gasteiger partial charge < -0.3 is 19.9 Å². The SMILES string of the molecule is CCOCN1C2=C(C(=O)Nc3c(F)cccc3F)C(=O)CCN2c2cc3ccccc3cc21. The van der Waals surface area contributed by atoms with Gasteiger partial charge in [0.1, 0.15) is 35.4 Å². The lowest BCUT2D eigenvalue weighted by Crippen LogP contribution is -2.41. The smallest absolute Gasteiger partial charge is 0.263 e. The molecule has 2 aliphatic rings. The minimum absolute atomic E-state index is 0.0980. The molecule has 1 N–H and O–H groups in total. The first-order chi connectivity index (χ1) is 16.0. The van der Waals surface area contributed by atoms with Crippen molar-refractivity contribution in [2.24, 2.45) is 0 Å². The number of para-hydroxylation sites is 1. The Morgan fingerprint density at radius 2 is 1.70 bits per heavy atom. The highest BCUT2D eigenvalue weighted by Crippen LogP contribution is 2.46. The van der Waals surface area contributed by atoms with Crippen LogP contribution in [0.25, 0.3) is 10.8 Å². The molecule has 2 heterocycles.